The number of rotatable bonds is 4. The van der Waals surface area contributed by atoms with Crippen molar-refractivity contribution in [3.8, 4) is 0 Å². The second kappa shape index (κ2) is 5.88. The summed E-state index contributed by atoms with van der Waals surface area (Å²) in [5, 5.41) is 13.2. The summed E-state index contributed by atoms with van der Waals surface area (Å²) in [6.07, 6.45) is 0. The third kappa shape index (κ3) is 3.25. The highest BCUT2D eigenvalue weighted by molar-refractivity contribution is 9.11. The molecule has 0 saturated heterocycles. The van der Waals surface area contributed by atoms with Gasteiger partial charge in [0, 0.05) is 8.95 Å². The number of aryl methyl sites for hydroxylation is 1. The van der Waals surface area contributed by atoms with Crippen LogP contribution >= 0.6 is 31.9 Å². The summed E-state index contributed by atoms with van der Waals surface area (Å²) in [6, 6.07) is 2.69. The van der Waals surface area contributed by atoms with Crippen LogP contribution in [0.4, 0.5) is 0 Å². The van der Waals surface area contributed by atoms with Crippen LogP contribution < -0.4 is 4.72 Å². The molecule has 7 nitrogen and oxygen atoms in total. The monoisotopic (exact) mass is 423 g/mol. The van der Waals surface area contributed by atoms with Crippen molar-refractivity contribution in [3.63, 3.8) is 0 Å². The van der Waals surface area contributed by atoms with Crippen molar-refractivity contribution < 1.29 is 8.42 Å². The topological polar surface area (TPSA) is 101 Å². The zero-order chi connectivity index (χ0) is 14.9. The van der Waals surface area contributed by atoms with Crippen LogP contribution in [0.3, 0.4) is 0 Å². The summed E-state index contributed by atoms with van der Waals surface area (Å²) < 4.78 is 28.5. The molecule has 2 rings (SSSR count). The van der Waals surface area contributed by atoms with Crippen molar-refractivity contribution in [2.75, 3.05) is 0 Å². The Morgan fingerprint density at radius 1 is 1.30 bits per heavy atom. The highest BCUT2D eigenvalue weighted by Gasteiger charge is 2.23. The number of benzene rings is 1. The fourth-order valence-corrected chi connectivity index (χ4v) is 4.41. The molecular formula is C10H11Br2N5O2S. The lowest BCUT2D eigenvalue weighted by atomic mass is 10.2. The maximum Gasteiger partial charge on any atom is 0.242 e. The first kappa shape index (κ1) is 15.5. The molecule has 20 heavy (non-hydrogen) atoms. The Hall–Kier alpha value is -0.840. The molecule has 0 aliphatic heterocycles. The number of tetrazole rings is 1. The number of hydrogen-bond acceptors (Lipinski definition) is 5. The molecule has 10 heteroatoms. The van der Waals surface area contributed by atoms with Crippen LogP contribution in [-0.4, -0.2) is 29.0 Å². The van der Waals surface area contributed by atoms with E-state index in [-0.39, 0.29) is 10.7 Å². The number of halogens is 2. The third-order valence-corrected chi connectivity index (χ3v) is 5.94. The van der Waals surface area contributed by atoms with Gasteiger partial charge in [-0.2, -0.15) is 5.21 Å². The van der Waals surface area contributed by atoms with E-state index < -0.39 is 16.1 Å². The van der Waals surface area contributed by atoms with Gasteiger partial charge in [0.1, 0.15) is 0 Å². The Kier molecular flexibility index (Phi) is 4.57. The predicted octanol–water partition coefficient (Wildman–Crippen LogP) is 2.07. The van der Waals surface area contributed by atoms with E-state index in [1.165, 1.54) is 0 Å². The van der Waals surface area contributed by atoms with Gasteiger partial charge in [0.25, 0.3) is 0 Å². The molecule has 2 N–H and O–H groups in total. The standard InChI is InChI=1S/C10H11Br2N5O2S/c1-5-3-8(12)9(4-7(5)11)20(18,19)15-6(2)10-13-16-17-14-10/h3-4,6,15H,1-2H3,(H,13,14,16,17). The Morgan fingerprint density at radius 2 is 2.00 bits per heavy atom. The van der Waals surface area contributed by atoms with Gasteiger partial charge in [-0.15, -0.1) is 10.2 Å². The van der Waals surface area contributed by atoms with Gasteiger partial charge >= 0.3 is 0 Å². The van der Waals surface area contributed by atoms with Crippen LogP contribution in [0.15, 0.2) is 26.0 Å². The van der Waals surface area contributed by atoms with Gasteiger partial charge in [-0.25, -0.2) is 13.1 Å². The lowest BCUT2D eigenvalue weighted by Gasteiger charge is -2.13. The van der Waals surface area contributed by atoms with Gasteiger partial charge in [0.05, 0.1) is 10.9 Å². The van der Waals surface area contributed by atoms with E-state index >= 15 is 0 Å². The molecule has 0 radical (unpaired) electrons. The molecule has 0 saturated carbocycles. The Bertz CT molecular complexity index is 717. The number of sulfonamides is 1. The molecule has 108 valence electrons. The Morgan fingerprint density at radius 3 is 2.60 bits per heavy atom. The summed E-state index contributed by atoms with van der Waals surface area (Å²) in [5.74, 6) is 0.274. The second-order valence-electron chi connectivity index (χ2n) is 4.14. The van der Waals surface area contributed by atoms with Crippen molar-refractivity contribution in [2.24, 2.45) is 0 Å². The van der Waals surface area contributed by atoms with E-state index in [0.29, 0.717) is 8.95 Å². The van der Waals surface area contributed by atoms with Crippen LogP contribution in [0.5, 0.6) is 0 Å². The first-order valence-corrected chi connectivity index (χ1v) is 8.59. The van der Waals surface area contributed by atoms with E-state index in [4.69, 9.17) is 0 Å². The lowest BCUT2D eigenvalue weighted by molar-refractivity contribution is 0.559. The molecule has 1 aromatic heterocycles. The maximum absolute atomic E-state index is 12.4. The number of H-pyrrole nitrogens is 1. The summed E-state index contributed by atoms with van der Waals surface area (Å²) >= 11 is 6.59. The normalized spacial score (nSPS) is 13.4. The fourth-order valence-electron chi connectivity index (χ4n) is 1.54. The number of aromatic nitrogens is 4. The van der Waals surface area contributed by atoms with Gasteiger partial charge in [-0.1, -0.05) is 21.1 Å². The molecule has 1 aromatic carbocycles. The van der Waals surface area contributed by atoms with Crippen LogP contribution in [0, 0.1) is 6.92 Å². The summed E-state index contributed by atoms with van der Waals surface area (Å²) in [4.78, 5) is 0.144. The Labute approximate surface area is 132 Å². The maximum atomic E-state index is 12.4. The molecule has 2 aromatic rings. The first-order chi connectivity index (χ1) is 9.31. The zero-order valence-electron chi connectivity index (χ0n) is 10.6. The molecular weight excluding hydrogens is 414 g/mol. The highest BCUT2D eigenvalue weighted by Crippen LogP contribution is 2.29. The molecule has 0 bridgehead atoms. The van der Waals surface area contributed by atoms with Gasteiger partial charge in [-0.05, 0) is 47.5 Å². The number of aromatic amines is 1. The van der Waals surface area contributed by atoms with Crippen LogP contribution in [0.25, 0.3) is 0 Å². The summed E-state index contributed by atoms with van der Waals surface area (Å²) in [6.45, 7) is 3.51. The molecule has 0 amide bonds. The van der Waals surface area contributed by atoms with Gasteiger partial charge in [0.2, 0.25) is 10.0 Å². The third-order valence-electron chi connectivity index (χ3n) is 2.58. The summed E-state index contributed by atoms with van der Waals surface area (Å²) in [7, 11) is -3.70. The average molecular weight is 425 g/mol. The summed E-state index contributed by atoms with van der Waals surface area (Å²) in [5.41, 5.74) is 0.932. The van der Waals surface area contributed by atoms with Gasteiger partial charge < -0.3 is 0 Å². The van der Waals surface area contributed by atoms with Crippen LogP contribution in [-0.2, 0) is 10.0 Å². The van der Waals surface area contributed by atoms with E-state index in [2.05, 4.69) is 57.2 Å². The number of nitrogens with one attached hydrogen (secondary N) is 2. The minimum Gasteiger partial charge on any atom is -0.207 e. The van der Waals surface area contributed by atoms with E-state index in [9.17, 15) is 8.42 Å². The predicted molar refractivity (Wildman–Crippen MR) is 79.5 cm³/mol. The zero-order valence-corrected chi connectivity index (χ0v) is 14.5. The minimum atomic E-state index is -3.70. The molecule has 0 aliphatic rings. The molecule has 1 unspecified atom stereocenters. The second-order valence-corrected chi connectivity index (χ2v) is 7.54. The first-order valence-electron chi connectivity index (χ1n) is 5.52. The smallest absolute Gasteiger partial charge is 0.207 e. The largest absolute Gasteiger partial charge is 0.242 e. The van der Waals surface area contributed by atoms with Gasteiger partial charge in [0.15, 0.2) is 5.82 Å². The number of hydrogen-bond donors (Lipinski definition) is 2. The molecule has 1 heterocycles. The van der Waals surface area contributed by atoms with Crippen LogP contribution in [0.1, 0.15) is 24.4 Å². The van der Waals surface area contributed by atoms with Crippen molar-refractivity contribution in [1.82, 2.24) is 25.3 Å². The number of nitrogens with zero attached hydrogens (tertiary/aromatic N) is 3. The van der Waals surface area contributed by atoms with E-state index in [1.807, 2.05) is 6.92 Å². The van der Waals surface area contributed by atoms with E-state index in [1.54, 1.807) is 19.1 Å². The fraction of sp³-hybridized carbons (Fsp3) is 0.300. The highest BCUT2D eigenvalue weighted by atomic mass is 79.9. The van der Waals surface area contributed by atoms with Crippen molar-refractivity contribution in [2.45, 2.75) is 24.8 Å². The minimum absolute atomic E-state index is 0.144. The molecule has 1 atom stereocenters. The average Bonchev–Trinajstić information content (AvgIpc) is 2.86. The van der Waals surface area contributed by atoms with Crippen molar-refractivity contribution >= 4 is 41.9 Å². The van der Waals surface area contributed by atoms with Gasteiger partial charge in [-0.3, -0.25) is 0 Å². The Balaban J connectivity index is 2.34. The quantitative estimate of drug-likeness (QED) is 0.782. The molecule has 0 spiro atoms. The van der Waals surface area contributed by atoms with Crippen LogP contribution in [0.2, 0.25) is 0 Å². The SMILES string of the molecule is Cc1cc(Br)c(S(=O)(=O)NC(C)c2nn[nH]n2)cc1Br. The molecule has 0 aliphatic carbocycles. The van der Waals surface area contributed by atoms with E-state index in [0.717, 1.165) is 5.56 Å². The van der Waals surface area contributed by atoms with Crippen molar-refractivity contribution in [3.05, 3.63) is 32.5 Å². The lowest BCUT2D eigenvalue weighted by Crippen LogP contribution is -2.28. The molecule has 0 fully saturated rings. The van der Waals surface area contributed by atoms with Crippen molar-refractivity contribution in [1.29, 1.82) is 0 Å².